The van der Waals surface area contributed by atoms with Gasteiger partial charge in [0.2, 0.25) is 5.82 Å². The van der Waals surface area contributed by atoms with E-state index in [1.807, 2.05) is 13.8 Å². The Balaban J connectivity index is 2.56. The number of anilines is 3. The molecule has 1 aromatic carbocycles. The number of nitrogens with two attached hydrogens (primary N) is 1. The lowest BCUT2D eigenvalue weighted by Gasteiger charge is -2.13. The normalized spacial score (nSPS) is 10.9. The fraction of sp³-hybridized carbons (Fsp3) is 0.308. The monoisotopic (exact) mass is 309 g/mol. The fourth-order valence-electron chi connectivity index (χ4n) is 2.01. The van der Waals surface area contributed by atoms with Crippen LogP contribution in [0.3, 0.4) is 0 Å². The van der Waals surface area contributed by atoms with Crippen LogP contribution in [0.15, 0.2) is 18.2 Å². The number of hydrogen-bond acceptors (Lipinski definition) is 5. The molecule has 0 fully saturated rings. The summed E-state index contributed by atoms with van der Waals surface area (Å²) in [6, 6.07) is 4.87. The van der Waals surface area contributed by atoms with Gasteiger partial charge in [0.25, 0.3) is 0 Å². The van der Waals surface area contributed by atoms with Gasteiger partial charge in [0.05, 0.1) is 15.6 Å². The summed E-state index contributed by atoms with van der Waals surface area (Å²) in [5.41, 5.74) is 7.02. The molecular weight excluding hydrogens is 294 g/mol. The second-order valence-corrected chi connectivity index (χ2v) is 5.35. The van der Waals surface area contributed by atoms with Crippen LogP contribution in [0, 0.1) is 17.0 Å². The van der Waals surface area contributed by atoms with Gasteiger partial charge in [-0.3, -0.25) is 10.1 Å². The van der Waals surface area contributed by atoms with Crippen molar-refractivity contribution in [2.24, 2.45) is 0 Å². The molecule has 0 saturated carbocycles. The summed E-state index contributed by atoms with van der Waals surface area (Å²) in [5, 5.41) is 18.9. The third kappa shape index (κ3) is 2.92. The summed E-state index contributed by atoms with van der Waals surface area (Å²) >= 11 is 6.10. The van der Waals surface area contributed by atoms with Crippen molar-refractivity contribution < 1.29 is 4.92 Å². The zero-order valence-electron chi connectivity index (χ0n) is 11.9. The molecule has 0 spiro atoms. The number of hydrogen-bond donors (Lipinski definition) is 2. The zero-order chi connectivity index (χ0) is 15.7. The van der Waals surface area contributed by atoms with Crippen LogP contribution in [0.1, 0.15) is 25.6 Å². The predicted octanol–water partition coefficient (Wildman–Crippen LogP) is 3.66. The molecule has 0 radical (unpaired) electrons. The highest BCUT2D eigenvalue weighted by Gasteiger charge is 2.27. The lowest BCUT2D eigenvalue weighted by Crippen LogP contribution is -2.08. The Labute approximate surface area is 126 Å². The molecule has 3 N–H and O–H groups in total. The van der Waals surface area contributed by atoms with E-state index in [1.165, 1.54) is 0 Å². The van der Waals surface area contributed by atoms with Crippen LogP contribution in [0.2, 0.25) is 5.02 Å². The molecule has 7 nitrogen and oxygen atoms in total. The number of halogens is 1. The van der Waals surface area contributed by atoms with Gasteiger partial charge in [-0.15, -0.1) is 0 Å². The van der Waals surface area contributed by atoms with E-state index in [1.54, 1.807) is 29.8 Å². The highest BCUT2D eigenvalue weighted by atomic mass is 35.5. The van der Waals surface area contributed by atoms with Gasteiger partial charge in [0.15, 0.2) is 0 Å². The van der Waals surface area contributed by atoms with Gasteiger partial charge < -0.3 is 11.1 Å². The molecule has 0 saturated heterocycles. The Bertz CT molecular complexity index is 696. The predicted molar refractivity (Wildman–Crippen MR) is 83.2 cm³/mol. The summed E-state index contributed by atoms with van der Waals surface area (Å²) in [7, 11) is 0. The molecule has 0 bridgehead atoms. The van der Waals surface area contributed by atoms with Gasteiger partial charge in [-0.05, 0) is 39.0 Å². The van der Waals surface area contributed by atoms with E-state index in [4.69, 9.17) is 17.3 Å². The third-order valence-corrected chi connectivity index (χ3v) is 3.30. The number of nitrogen functional groups attached to an aromatic ring is 1. The van der Waals surface area contributed by atoms with Crippen molar-refractivity contribution in [1.29, 1.82) is 0 Å². The number of aryl methyl sites for hydroxylation is 1. The lowest BCUT2D eigenvalue weighted by molar-refractivity contribution is -0.384. The molecule has 2 rings (SSSR count). The molecule has 112 valence electrons. The summed E-state index contributed by atoms with van der Waals surface area (Å²) in [5.74, 6) is 0.292. The second-order valence-electron chi connectivity index (χ2n) is 4.94. The maximum absolute atomic E-state index is 11.3. The Morgan fingerprint density at radius 2 is 2.14 bits per heavy atom. The number of nitrogens with one attached hydrogen (secondary N) is 1. The first kappa shape index (κ1) is 15.1. The van der Waals surface area contributed by atoms with E-state index < -0.39 is 4.92 Å². The fourth-order valence-corrected chi connectivity index (χ4v) is 2.18. The van der Waals surface area contributed by atoms with Crippen LogP contribution in [0.25, 0.3) is 0 Å². The average molecular weight is 310 g/mol. The maximum atomic E-state index is 11.3. The molecule has 8 heteroatoms. The topological polar surface area (TPSA) is 99.0 Å². The molecular formula is C13H16ClN5O2. The first-order valence-electron chi connectivity index (χ1n) is 6.36. The number of rotatable bonds is 4. The van der Waals surface area contributed by atoms with Crippen LogP contribution in [0.4, 0.5) is 22.9 Å². The van der Waals surface area contributed by atoms with E-state index in [9.17, 15) is 10.1 Å². The van der Waals surface area contributed by atoms with Crippen molar-refractivity contribution in [2.45, 2.75) is 26.8 Å². The first-order chi connectivity index (χ1) is 9.81. The largest absolute Gasteiger partial charge is 0.399 e. The Morgan fingerprint density at radius 1 is 1.48 bits per heavy atom. The Hall–Kier alpha value is -2.28. The van der Waals surface area contributed by atoms with Crippen molar-refractivity contribution in [2.75, 3.05) is 11.1 Å². The summed E-state index contributed by atoms with van der Waals surface area (Å²) in [6.45, 7) is 5.38. The summed E-state index contributed by atoms with van der Waals surface area (Å²) in [6.07, 6.45) is 0. The zero-order valence-corrected chi connectivity index (χ0v) is 12.7. The van der Waals surface area contributed by atoms with E-state index in [0.29, 0.717) is 27.9 Å². The molecule has 0 aliphatic carbocycles. The Morgan fingerprint density at radius 3 is 2.71 bits per heavy atom. The van der Waals surface area contributed by atoms with Crippen LogP contribution in [-0.2, 0) is 0 Å². The molecule has 1 aromatic heterocycles. The molecule has 0 atom stereocenters. The Kier molecular flexibility index (Phi) is 4.04. The number of aromatic nitrogens is 2. The van der Waals surface area contributed by atoms with Crippen molar-refractivity contribution >= 4 is 34.5 Å². The molecule has 0 aliphatic heterocycles. The second kappa shape index (κ2) is 5.61. The van der Waals surface area contributed by atoms with Gasteiger partial charge in [0.1, 0.15) is 5.69 Å². The highest BCUT2D eigenvalue weighted by Crippen LogP contribution is 2.35. The molecule has 1 heterocycles. The van der Waals surface area contributed by atoms with Gasteiger partial charge in [-0.1, -0.05) is 11.6 Å². The molecule has 0 aliphatic rings. The van der Waals surface area contributed by atoms with Crippen LogP contribution in [0.5, 0.6) is 0 Å². The van der Waals surface area contributed by atoms with Crippen LogP contribution >= 0.6 is 11.6 Å². The van der Waals surface area contributed by atoms with Crippen molar-refractivity contribution in [3.63, 3.8) is 0 Å². The van der Waals surface area contributed by atoms with Gasteiger partial charge in [-0.2, -0.15) is 5.10 Å². The average Bonchev–Trinajstić information content (AvgIpc) is 2.71. The van der Waals surface area contributed by atoms with Crippen LogP contribution in [-0.4, -0.2) is 14.7 Å². The summed E-state index contributed by atoms with van der Waals surface area (Å²) < 4.78 is 1.56. The standard InChI is InChI=1S/C13H16ClN5O2/c1-7(2)18-13(12(19(20)21)8(3)17-18)16-11-6-9(15)4-5-10(11)14/h4-7,16H,15H2,1-3H3. The minimum atomic E-state index is -0.455. The smallest absolute Gasteiger partial charge is 0.334 e. The van der Waals surface area contributed by atoms with E-state index in [0.717, 1.165) is 0 Å². The van der Waals surface area contributed by atoms with Gasteiger partial charge >= 0.3 is 5.69 Å². The SMILES string of the molecule is Cc1nn(C(C)C)c(Nc2cc(N)ccc2Cl)c1[N+](=O)[O-]. The molecule has 0 amide bonds. The highest BCUT2D eigenvalue weighted by molar-refractivity contribution is 6.33. The van der Waals surface area contributed by atoms with Crippen LogP contribution < -0.4 is 11.1 Å². The minimum Gasteiger partial charge on any atom is -0.399 e. The van der Waals surface area contributed by atoms with E-state index in [2.05, 4.69) is 10.4 Å². The quantitative estimate of drug-likeness (QED) is 0.510. The molecule has 2 aromatic rings. The number of nitro groups is 1. The van der Waals surface area contributed by atoms with Gasteiger partial charge in [-0.25, -0.2) is 4.68 Å². The minimum absolute atomic E-state index is 0.0419. The molecule has 0 unspecified atom stereocenters. The number of benzene rings is 1. The van der Waals surface area contributed by atoms with Crippen molar-refractivity contribution in [3.05, 3.63) is 39.0 Å². The maximum Gasteiger partial charge on any atom is 0.334 e. The summed E-state index contributed by atoms with van der Waals surface area (Å²) in [4.78, 5) is 10.8. The van der Waals surface area contributed by atoms with E-state index in [-0.39, 0.29) is 11.7 Å². The number of nitrogens with zero attached hydrogens (tertiary/aromatic N) is 3. The third-order valence-electron chi connectivity index (χ3n) is 2.97. The lowest BCUT2D eigenvalue weighted by atomic mass is 10.2. The van der Waals surface area contributed by atoms with Crippen molar-refractivity contribution in [1.82, 2.24) is 9.78 Å². The van der Waals surface area contributed by atoms with Crippen molar-refractivity contribution in [3.8, 4) is 0 Å². The van der Waals surface area contributed by atoms with E-state index >= 15 is 0 Å². The molecule has 21 heavy (non-hydrogen) atoms. The first-order valence-corrected chi connectivity index (χ1v) is 6.74. The van der Waals surface area contributed by atoms with Gasteiger partial charge in [0, 0.05) is 11.7 Å².